The number of amides is 3. The van der Waals surface area contributed by atoms with Crippen LogP contribution in [-0.4, -0.2) is 79.9 Å². The molecule has 284 valence electrons. The maximum Gasteiger partial charge on any atom is 0.322 e. The topological polar surface area (TPSA) is 222 Å². The quantitative estimate of drug-likeness (QED) is 0.0811. The molecule has 3 amide bonds. The maximum absolute atomic E-state index is 11.2. The number of aromatic nitrogens is 4. The molecular formula is C38H55N7O7. The van der Waals surface area contributed by atoms with Crippen molar-refractivity contribution in [2.24, 2.45) is 5.92 Å². The minimum absolute atomic E-state index is 0.00593. The van der Waals surface area contributed by atoms with E-state index < -0.39 is 11.9 Å². The van der Waals surface area contributed by atoms with Crippen LogP contribution in [0.2, 0.25) is 0 Å². The monoisotopic (exact) mass is 721 g/mol. The number of carboxylic acid groups (broad SMARTS) is 2. The van der Waals surface area contributed by atoms with Crippen molar-refractivity contribution < 1.29 is 34.2 Å². The molecule has 14 nitrogen and oxygen atoms in total. The van der Waals surface area contributed by atoms with Gasteiger partial charge in [-0.05, 0) is 56.4 Å². The first kappa shape index (κ1) is 46.1. The minimum atomic E-state index is -1.04. The average molecular weight is 722 g/mol. The molecule has 14 heteroatoms. The van der Waals surface area contributed by atoms with Crippen LogP contribution in [0.1, 0.15) is 64.3 Å². The standard InChI is InChI=1S/C9H14N4O2.2C9H9N.C4H8O2.C4H10.C3H5NO3/c1-7(2-8-3-10-5-12-8)13-9(15)4-11-6-14;2*1-7-6-10-9-5-3-2-4-8(7)9;1-2-3-4(5)6;1-4(2)3;5-2-4-1-3(6)7/h3,5-7H,2,4H2,1H3,(H,10,12)(H,11,14)(H,13,15);2*2-6,10H,1H3;2-3H2,1H3,(H,5,6);4H,1-3H3;2H,1H2,(H,4,5)(H,6,7). The fourth-order valence-corrected chi connectivity index (χ4v) is 4.01. The molecule has 0 aliphatic rings. The summed E-state index contributed by atoms with van der Waals surface area (Å²) in [5.41, 5.74) is 6.04. The number of para-hydroxylation sites is 2. The van der Waals surface area contributed by atoms with Gasteiger partial charge in [-0.3, -0.25) is 24.0 Å². The fourth-order valence-electron chi connectivity index (χ4n) is 4.01. The first-order valence-electron chi connectivity index (χ1n) is 16.8. The molecular weight excluding hydrogens is 666 g/mol. The number of imidazole rings is 1. The van der Waals surface area contributed by atoms with Crippen LogP contribution in [0.4, 0.5) is 0 Å². The van der Waals surface area contributed by atoms with Crippen molar-refractivity contribution in [3.05, 3.63) is 90.3 Å². The lowest BCUT2D eigenvalue weighted by atomic mass is 10.2. The molecule has 0 fully saturated rings. The SMILES string of the molecule is CC(C)C.CC(Cc1cnc[nH]1)NC(=O)CNC=O.CCCC(=O)O.Cc1c[nH]c2ccccc12.Cc1c[nH]c2ccccc12.O=CNCC(=O)O. The number of nitrogens with zero attached hydrogens (tertiary/aromatic N) is 1. The number of H-pyrrole nitrogens is 3. The van der Waals surface area contributed by atoms with Crippen LogP contribution in [0.15, 0.2) is 73.4 Å². The first-order valence-corrected chi connectivity index (χ1v) is 16.8. The number of hydrogen-bond acceptors (Lipinski definition) is 6. The molecule has 1 atom stereocenters. The van der Waals surface area contributed by atoms with Gasteiger partial charge in [-0.1, -0.05) is 64.1 Å². The van der Waals surface area contributed by atoms with E-state index in [2.05, 4.69) is 102 Å². The zero-order valence-corrected chi connectivity index (χ0v) is 31.2. The van der Waals surface area contributed by atoms with Gasteiger partial charge in [0.1, 0.15) is 6.54 Å². The largest absolute Gasteiger partial charge is 0.481 e. The second-order valence-corrected chi connectivity index (χ2v) is 12.1. The highest BCUT2D eigenvalue weighted by Crippen LogP contribution is 2.16. The van der Waals surface area contributed by atoms with Crippen LogP contribution < -0.4 is 16.0 Å². The lowest BCUT2D eigenvalue weighted by Crippen LogP contribution is -2.39. The number of fused-ring (bicyclic) bond motifs is 2. The van der Waals surface area contributed by atoms with Crippen molar-refractivity contribution in [1.29, 1.82) is 0 Å². The Kier molecular flexibility index (Phi) is 24.7. The minimum Gasteiger partial charge on any atom is -0.481 e. The van der Waals surface area contributed by atoms with Gasteiger partial charge in [-0.2, -0.15) is 0 Å². The predicted molar refractivity (Wildman–Crippen MR) is 205 cm³/mol. The van der Waals surface area contributed by atoms with Gasteiger partial charge in [0.05, 0.1) is 12.9 Å². The Balaban J connectivity index is 0.000000629. The van der Waals surface area contributed by atoms with Crippen LogP contribution >= 0.6 is 0 Å². The lowest BCUT2D eigenvalue weighted by Gasteiger charge is -2.12. The highest BCUT2D eigenvalue weighted by molar-refractivity contribution is 5.83. The van der Waals surface area contributed by atoms with E-state index >= 15 is 0 Å². The van der Waals surface area contributed by atoms with E-state index in [-0.39, 0.29) is 25.0 Å². The average Bonchev–Trinajstić information content (AvgIpc) is 3.85. The Labute approximate surface area is 305 Å². The Bertz CT molecular complexity index is 1640. The number of carbonyl (C=O) groups is 5. The smallest absolute Gasteiger partial charge is 0.322 e. The zero-order chi connectivity index (χ0) is 39.3. The molecule has 0 saturated carbocycles. The number of benzene rings is 2. The van der Waals surface area contributed by atoms with Gasteiger partial charge < -0.3 is 41.1 Å². The maximum atomic E-state index is 11.2. The lowest BCUT2D eigenvalue weighted by molar-refractivity contribution is -0.137. The molecule has 2 aromatic carbocycles. The van der Waals surface area contributed by atoms with Crippen LogP contribution in [0, 0.1) is 19.8 Å². The normalized spacial score (nSPS) is 10.1. The van der Waals surface area contributed by atoms with E-state index in [0.717, 1.165) is 18.0 Å². The summed E-state index contributed by atoms with van der Waals surface area (Å²) in [6, 6.07) is 16.6. The third-order valence-corrected chi connectivity index (χ3v) is 6.23. The molecule has 0 bridgehead atoms. The highest BCUT2D eigenvalue weighted by Gasteiger charge is 2.08. The van der Waals surface area contributed by atoms with Gasteiger partial charge >= 0.3 is 11.9 Å². The molecule has 0 spiro atoms. The van der Waals surface area contributed by atoms with Crippen molar-refractivity contribution >= 4 is 52.5 Å². The first-order chi connectivity index (χ1) is 24.7. The molecule has 5 rings (SSSR count). The van der Waals surface area contributed by atoms with Crippen molar-refractivity contribution in [3.63, 3.8) is 0 Å². The van der Waals surface area contributed by atoms with E-state index in [4.69, 9.17) is 10.2 Å². The number of aryl methyl sites for hydroxylation is 2. The number of rotatable bonds is 11. The van der Waals surface area contributed by atoms with Gasteiger partial charge in [-0.15, -0.1) is 0 Å². The molecule has 0 aliphatic carbocycles. The summed E-state index contributed by atoms with van der Waals surface area (Å²) >= 11 is 0. The molecule has 0 aliphatic heterocycles. The highest BCUT2D eigenvalue weighted by atomic mass is 16.4. The summed E-state index contributed by atoms with van der Waals surface area (Å²) in [6.45, 7) is 14.2. The van der Waals surface area contributed by atoms with E-state index in [1.807, 2.05) is 43.7 Å². The van der Waals surface area contributed by atoms with Gasteiger partial charge in [0.25, 0.3) is 0 Å². The predicted octanol–water partition coefficient (Wildman–Crippen LogP) is 5.51. The van der Waals surface area contributed by atoms with Crippen molar-refractivity contribution in [2.75, 3.05) is 13.1 Å². The molecule has 5 aromatic rings. The van der Waals surface area contributed by atoms with Crippen LogP contribution in [0.5, 0.6) is 0 Å². The van der Waals surface area contributed by atoms with Crippen LogP contribution in [0.25, 0.3) is 21.8 Å². The summed E-state index contributed by atoms with van der Waals surface area (Å²) in [4.78, 5) is 62.8. The number of aromatic amines is 3. The van der Waals surface area contributed by atoms with Gasteiger partial charge in [0.15, 0.2) is 0 Å². The zero-order valence-electron chi connectivity index (χ0n) is 31.2. The summed E-state index contributed by atoms with van der Waals surface area (Å²) in [7, 11) is 0. The molecule has 52 heavy (non-hydrogen) atoms. The molecule has 0 radical (unpaired) electrons. The van der Waals surface area contributed by atoms with Gasteiger partial charge in [0, 0.05) is 65.0 Å². The number of carboxylic acids is 2. The molecule has 3 heterocycles. The number of nitrogens with one attached hydrogen (secondary N) is 6. The summed E-state index contributed by atoms with van der Waals surface area (Å²) in [6.07, 6.45) is 9.93. The third-order valence-electron chi connectivity index (χ3n) is 6.23. The number of aliphatic carboxylic acids is 2. The van der Waals surface area contributed by atoms with Gasteiger partial charge in [-0.25, -0.2) is 4.98 Å². The van der Waals surface area contributed by atoms with E-state index in [1.165, 1.54) is 32.9 Å². The fraction of sp³-hybridized carbons (Fsp3) is 0.368. The summed E-state index contributed by atoms with van der Waals surface area (Å²) < 4.78 is 0. The molecule has 1 unspecified atom stereocenters. The van der Waals surface area contributed by atoms with E-state index in [9.17, 15) is 24.0 Å². The second-order valence-electron chi connectivity index (χ2n) is 12.1. The van der Waals surface area contributed by atoms with Gasteiger partial charge in [0.2, 0.25) is 18.7 Å². The van der Waals surface area contributed by atoms with E-state index in [0.29, 0.717) is 25.7 Å². The molecule has 8 N–H and O–H groups in total. The van der Waals surface area contributed by atoms with Crippen molar-refractivity contribution in [2.45, 2.75) is 73.8 Å². The Morgan fingerprint density at radius 3 is 1.60 bits per heavy atom. The van der Waals surface area contributed by atoms with E-state index in [1.54, 1.807) is 12.5 Å². The Hall–Kier alpha value is -5.92. The van der Waals surface area contributed by atoms with Crippen molar-refractivity contribution in [1.82, 2.24) is 35.9 Å². The molecule has 3 aromatic heterocycles. The number of hydrogen-bond donors (Lipinski definition) is 8. The van der Waals surface area contributed by atoms with Crippen LogP contribution in [-0.2, 0) is 30.4 Å². The summed E-state index contributed by atoms with van der Waals surface area (Å²) in [5.74, 6) is -1.11. The number of carbonyl (C=O) groups excluding carboxylic acids is 3. The van der Waals surface area contributed by atoms with Crippen molar-refractivity contribution in [3.8, 4) is 0 Å². The van der Waals surface area contributed by atoms with Crippen LogP contribution in [0.3, 0.4) is 0 Å². The molecule has 0 saturated heterocycles. The second kappa shape index (κ2) is 27.9. The summed E-state index contributed by atoms with van der Waals surface area (Å²) in [5, 5.41) is 25.4. The third kappa shape index (κ3) is 22.7. The Morgan fingerprint density at radius 2 is 1.25 bits per heavy atom. The Morgan fingerprint density at radius 1 is 0.769 bits per heavy atom.